The van der Waals surface area contributed by atoms with Crippen molar-refractivity contribution < 1.29 is 9.53 Å². The molecule has 4 nitrogen and oxygen atoms in total. The van der Waals surface area contributed by atoms with Gasteiger partial charge in [0.15, 0.2) is 0 Å². The Hall–Kier alpha value is -1.39. The Labute approximate surface area is 120 Å². The highest BCUT2D eigenvalue weighted by molar-refractivity contribution is 5.92. The van der Waals surface area contributed by atoms with E-state index in [9.17, 15) is 4.79 Å². The molecule has 1 aliphatic rings. The molecule has 0 spiro atoms. The zero-order valence-corrected chi connectivity index (χ0v) is 12.5. The van der Waals surface area contributed by atoms with E-state index in [0.717, 1.165) is 24.3 Å². The van der Waals surface area contributed by atoms with Gasteiger partial charge in [0.25, 0.3) is 0 Å². The molecule has 0 saturated carbocycles. The van der Waals surface area contributed by atoms with Crippen LogP contribution in [0.3, 0.4) is 0 Å². The molecule has 0 aliphatic carbocycles. The van der Waals surface area contributed by atoms with E-state index in [0.29, 0.717) is 12.5 Å². The fraction of sp³-hybridized carbons (Fsp3) is 0.562. The molecule has 2 rings (SSSR count). The Morgan fingerprint density at radius 1 is 1.40 bits per heavy atom. The van der Waals surface area contributed by atoms with Crippen LogP contribution in [-0.4, -0.2) is 25.1 Å². The molecule has 20 heavy (non-hydrogen) atoms. The number of ether oxygens (including phenoxy) is 1. The van der Waals surface area contributed by atoms with E-state index in [2.05, 4.69) is 10.6 Å². The summed E-state index contributed by atoms with van der Waals surface area (Å²) in [7, 11) is 0. The monoisotopic (exact) mass is 276 g/mol. The molecule has 1 unspecified atom stereocenters. The lowest BCUT2D eigenvalue weighted by molar-refractivity contribution is -0.121. The van der Waals surface area contributed by atoms with E-state index >= 15 is 0 Å². The van der Waals surface area contributed by atoms with Gasteiger partial charge in [-0.25, -0.2) is 0 Å². The minimum absolute atomic E-state index is 0.0480. The Kier molecular flexibility index (Phi) is 5.15. The molecular weight excluding hydrogens is 252 g/mol. The topological polar surface area (TPSA) is 50.4 Å². The van der Waals surface area contributed by atoms with Gasteiger partial charge in [-0.3, -0.25) is 4.79 Å². The molecule has 4 heteroatoms. The van der Waals surface area contributed by atoms with Crippen LogP contribution in [0, 0.1) is 11.8 Å². The van der Waals surface area contributed by atoms with Crippen molar-refractivity contribution in [2.45, 2.75) is 33.5 Å². The number of benzene rings is 1. The van der Waals surface area contributed by atoms with Crippen LogP contribution in [0.1, 0.15) is 26.3 Å². The van der Waals surface area contributed by atoms with Crippen LogP contribution in [0.15, 0.2) is 24.3 Å². The highest BCUT2D eigenvalue weighted by atomic mass is 16.5. The highest BCUT2D eigenvalue weighted by Crippen LogP contribution is 2.19. The largest absolute Gasteiger partial charge is 0.374 e. The lowest BCUT2D eigenvalue weighted by Gasteiger charge is -2.31. The highest BCUT2D eigenvalue weighted by Gasteiger charge is 2.28. The van der Waals surface area contributed by atoms with Crippen molar-refractivity contribution in [3.05, 3.63) is 29.8 Å². The number of amides is 1. The number of carbonyl (C=O) groups excluding carboxylic acids is 1. The number of hydrogen-bond acceptors (Lipinski definition) is 3. The average Bonchev–Trinajstić information content (AvgIpc) is 2.34. The molecule has 0 radical (unpaired) electrons. The summed E-state index contributed by atoms with van der Waals surface area (Å²) < 4.78 is 5.58. The second-order valence-electron chi connectivity index (χ2n) is 5.76. The predicted molar refractivity (Wildman–Crippen MR) is 80.5 cm³/mol. The molecule has 1 fully saturated rings. The maximum atomic E-state index is 12.2. The molecule has 1 atom stereocenters. The van der Waals surface area contributed by atoms with Crippen molar-refractivity contribution >= 4 is 11.6 Å². The van der Waals surface area contributed by atoms with Gasteiger partial charge in [-0.05, 0) is 50.6 Å². The fourth-order valence-corrected chi connectivity index (χ4v) is 2.14. The molecule has 1 heterocycles. The van der Waals surface area contributed by atoms with Crippen molar-refractivity contribution in [1.82, 2.24) is 5.32 Å². The number of nitrogens with one attached hydrogen (secondary N) is 2. The molecule has 0 bridgehead atoms. The minimum Gasteiger partial charge on any atom is -0.374 e. The first-order chi connectivity index (χ1) is 9.56. The standard InChI is InChI=1S/C16H24N2O2/c1-11(2)20-10-13-5-4-6-15(7-13)18-16(19)12(3)14-8-17-9-14/h4-7,11-12,14,17H,8-10H2,1-3H3,(H,18,19). The zero-order chi connectivity index (χ0) is 14.5. The summed E-state index contributed by atoms with van der Waals surface area (Å²) in [6.45, 7) is 8.48. The molecule has 110 valence electrons. The molecule has 2 N–H and O–H groups in total. The van der Waals surface area contributed by atoms with E-state index in [4.69, 9.17) is 4.74 Å². The smallest absolute Gasteiger partial charge is 0.227 e. The van der Waals surface area contributed by atoms with E-state index in [1.54, 1.807) is 0 Å². The van der Waals surface area contributed by atoms with Gasteiger partial charge >= 0.3 is 0 Å². The van der Waals surface area contributed by atoms with Gasteiger partial charge in [0, 0.05) is 11.6 Å². The van der Waals surface area contributed by atoms with E-state index in [1.807, 2.05) is 45.0 Å². The Morgan fingerprint density at radius 3 is 2.75 bits per heavy atom. The maximum absolute atomic E-state index is 12.2. The summed E-state index contributed by atoms with van der Waals surface area (Å²) in [4.78, 5) is 12.2. The fourth-order valence-electron chi connectivity index (χ4n) is 2.14. The van der Waals surface area contributed by atoms with Gasteiger partial charge in [0.2, 0.25) is 5.91 Å². The first-order valence-electron chi connectivity index (χ1n) is 7.28. The van der Waals surface area contributed by atoms with Gasteiger partial charge in [-0.15, -0.1) is 0 Å². The summed E-state index contributed by atoms with van der Waals surface area (Å²) in [5, 5.41) is 6.20. The first kappa shape index (κ1) is 15.0. The van der Waals surface area contributed by atoms with Gasteiger partial charge in [-0.2, -0.15) is 0 Å². The van der Waals surface area contributed by atoms with Crippen LogP contribution < -0.4 is 10.6 Å². The van der Waals surface area contributed by atoms with E-state index in [1.165, 1.54) is 0 Å². The molecule has 1 aliphatic heterocycles. The Morgan fingerprint density at radius 2 is 2.15 bits per heavy atom. The number of hydrogen-bond donors (Lipinski definition) is 2. The van der Waals surface area contributed by atoms with Gasteiger partial charge in [-0.1, -0.05) is 19.1 Å². The zero-order valence-electron chi connectivity index (χ0n) is 12.5. The van der Waals surface area contributed by atoms with E-state index in [-0.39, 0.29) is 17.9 Å². The molecular formula is C16H24N2O2. The van der Waals surface area contributed by atoms with Crippen molar-refractivity contribution in [2.24, 2.45) is 11.8 Å². The van der Waals surface area contributed by atoms with Crippen LogP contribution in [0.4, 0.5) is 5.69 Å². The van der Waals surface area contributed by atoms with Crippen LogP contribution in [-0.2, 0) is 16.1 Å². The summed E-state index contributed by atoms with van der Waals surface area (Å²) in [5.41, 5.74) is 1.92. The van der Waals surface area contributed by atoms with Gasteiger partial charge in [0.1, 0.15) is 0 Å². The summed E-state index contributed by atoms with van der Waals surface area (Å²) in [6.07, 6.45) is 0.208. The lowest BCUT2D eigenvalue weighted by Crippen LogP contribution is -2.48. The third-order valence-corrected chi connectivity index (χ3v) is 3.71. The number of carbonyl (C=O) groups is 1. The minimum atomic E-state index is 0.0480. The lowest BCUT2D eigenvalue weighted by atomic mass is 9.88. The van der Waals surface area contributed by atoms with Crippen molar-refractivity contribution in [3.8, 4) is 0 Å². The van der Waals surface area contributed by atoms with Crippen LogP contribution in [0.25, 0.3) is 0 Å². The second-order valence-corrected chi connectivity index (χ2v) is 5.76. The van der Waals surface area contributed by atoms with Crippen LogP contribution in [0.5, 0.6) is 0 Å². The van der Waals surface area contributed by atoms with Gasteiger partial charge in [0.05, 0.1) is 12.7 Å². The SMILES string of the molecule is CC(C)OCc1cccc(NC(=O)C(C)C2CNC2)c1. The summed E-state index contributed by atoms with van der Waals surface area (Å²) in [6, 6.07) is 7.86. The Balaban J connectivity index is 1.91. The third-order valence-electron chi connectivity index (χ3n) is 3.71. The number of rotatable bonds is 6. The molecule has 1 aromatic rings. The average molecular weight is 276 g/mol. The van der Waals surface area contributed by atoms with Crippen molar-refractivity contribution in [3.63, 3.8) is 0 Å². The molecule has 0 aromatic heterocycles. The predicted octanol–water partition coefficient (Wildman–Crippen LogP) is 2.41. The van der Waals surface area contributed by atoms with Crippen LogP contribution >= 0.6 is 0 Å². The van der Waals surface area contributed by atoms with E-state index < -0.39 is 0 Å². The van der Waals surface area contributed by atoms with Crippen LogP contribution in [0.2, 0.25) is 0 Å². The maximum Gasteiger partial charge on any atom is 0.227 e. The molecule has 1 saturated heterocycles. The van der Waals surface area contributed by atoms with Crippen molar-refractivity contribution in [1.29, 1.82) is 0 Å². The molecule has 1 aromatic carbocycles. The summed E-state index contributed by atoms with van der Waals surface area (Å²) in [5.74, 6) is 0.604. The first-order valence-corrected chi connectivity index (χ1v) is 7.28. The summed E-state index contributed by atoms with van der Waals surface area (Å²) >= 11 is 0. The quantitative estimate of drug-likeness (QED) is 0.839. The third kappa shape index (κ3) is 4.05. The normalized spacial score (nSPS) is 16.8. The molecule has 1 amide bonds. The van der Waals surface area contributed by atoms with Gasteiger partial charge < -0.3 is 15.4 Å². The number of anilines is 1. The van der Waals surface area contributed by atoms with Crippen molar-refractivity contribution in [2.75, 3.05) is 18.4 Å². The second kappa shape index (κ2) is 6.86. The Bertz CT molecular complexity index is 456.